The third kappa shape index (κ3) is 4.45. The largest absolute Gasteiger partial charge is 0.466 e. The van der Waals surface area contributed by atoms with Gasteiger partial charge in [0.05, 0.1) is 31.9 Å². The van der Waals surface area contributed by atoms with E-state index >= 15 is 0 Å². The van der Waals surface area contributed by atoms with Gasteiger partial charge < -0.3 is 24.3 Å². The highest BCUT2D eigenvalue weighted by Gasteiger charge is 2.33. The van der Waals surface area contributed by atoms with Crippen molar-refractivity contribution in [1.29, 1.82) is 0 Å². The van der Waals surface area contributed by atoms with Crippen LogP contribution in [0.25, 0.3) is 0 Å². The van der Waals surface area contributed by atoms with Crippen LogP contribution in [0.5, 0.6) is 0 Å². The summed E-state index contributed by atoms with van der Waals surface area (Å²) in [5.74, 6) is 1.20. The van der Waals surface area contributed by atoms with Crippen LogP contribution in [0.1, 0.15) is 41.1 Å². The Balaban J connectivity index is 1.58. The van der Waals surface area contributed by atoms with E-state index in [2.05, 4.69) is 5.32 Å². The Morgan fingerprint density at radius 2 is 2.04 bits per heavy atom. The predicted molar refractivity (Wildman–Crippen MR) is 96.2 cm³/mol. The lowest BCUT2D eigenvalue weighted by Gasteiger charge is -2.34. The van der Waals surface area contributed by atoms with Crippen molar-refractivity contribution in [1.82, 2.24) is 10.2 Å². The maximum atomic E-state index is 12.9. The van der Waals surface area contributed by atoms with Crippen LogP contribution < -0.4 is 10.2 Å². The number of rotatable bonds is 5. The Kier molecular flexibility index (Phi) is 6.32. The fourth-order valence-electron chi connectivity index (χ4n) is 3.84. The minimum atomic E-state index is -0.384. The summed E-state index contributed by atoms with van der Waals surface area (Å²) in [6, 6.07) is 1.38. The van der Waals surface area contributed by atoms with Crippen LogP contribution in [0.15, 0.2) is 10.5 Å². The number of hydrogen-bond acceptors (Lipinski definition) is 4. The van der Waals surface area contributed by atoms with E-state index in [9.17, 15) is 9.59 Å². The van der Waals surface area contributed by atoms with Crippen LogP contribution in [0.3, 0.4) is 0 Å². The Morgan fingerprint density at radius 3 is 2.73 bits per heavy atom. The molecule has 0 saturated carbocycles. The first kappa shape index (κ1) is 18.9. The van der Waals surface area contributed by atoms with E-state index in [0.29, 0.717) is 24.4 Å². The molecule has 2 aliphatic heterocycles. The molecule has 0 radical (unpaired) electrons. The van der Waals surface area contributed by atoms with Gasteiger partial charge in [0.2, 0.25) is 5.91 Å². The molecule has 0 aromatic carbocycles. The van der Waals surface area contributed by atoms with Crippen LogP contribution in [0, 0.1) is 13.8 Å². The number of ether oxygens (including phenoxy) is 1. The van der Waals surface area contributed by atoms with Gasteiger partial charge in [-0.25, -0.2) is 0 Å². The molecule has 1 atom stereocenters. The van der Waals surface area contributed by atoms with Crippen LogP contribution in [0.4, 0.5) is 0 Å². The van der Waals surface area contributed by atoms with Gasteiger partial charge in [-0.1, -0.05) is 0 Å². The predicted octanol–water partition coefficient (Wildman–Crippen LogP) is -0.0776. The minimum Gasteiger partial charge on any atom is -0.466 e. The number of furan rings is 1. The molecule has 3 heterocycles. The second-order valence-corrected chi connectivity index (χ2v) is 7.24. The van der Waals surface area contributed by atoms with Crippen molar-refractivity contribution < 1.29 is 23.6 Å². The van der Waals surface area contributed by atoms with Gasteiger partial charge in [0.1, 0.15) is 30.7 Å². The van der Waals surface area contributed by atoms with E-state index in [1.54, 1.807) is 17.9 Å². The van der Waals surface area contributed by atoms with Gasteiger partial charge in [0, 0.05) is 6.54 Å². The summed E-state index contributed by atoms with van der Waals surface area (Å²) >= 11 is 0. The molecule has 3 rings (SSSR count). The van der Waals surface area contributed by atoms with Crippen molar-refractivity contribution in [2.75, 3.05) is 45.9 Å². The number of likely N-dealkylation sites (tertiary alicyclic amines) is 1. The van der Waals surface area contributed by atoms with Crippen molar-refractivity contribution >= 4 is 11.8 Å². The lowest BCUT2D eigenvalue weighted by molar-refractivity contribution is -0.906. The molecule has 0 unspecified atom stereocenters. The number of carbonyl (C=O) groups is 2. The van der Waals surface area contributed by atoms with Crippen molar-refractivity contribution in [2.24, 2.45) is 0 Å². The number of aryl methyl sites for hydroxylation is 2. The van der Waals surface area contributed by atoms with Gasteiger partial charge in [0.15, 0.2) is 0 Å². The maximum absolute atomic E-state index is 12.9. The Morgan fingerprint density at radius 1 is 1.27 bits per heavy atom. The van der Waals surface area contributed by atoms with Crippen molar-refractivity contribution in [3.8, 4) is 0 Å². The van der Waals surface area contributed by atoms with Crippen molar-refractivity contribution in [3.05, 3.63) is 23.2 Å². The molecule has 7 heteroatoms. The summed E-state index contributed by atoms with van der Waals surface area (Å²) in [7, 11) is 0. The molecule has 0 aliphatic carbocycles. The third-order valence-corrected chi connectivity index (χ3v) is 5.32. The highest BCUT2D eigenvalue weighted by molar-refractivity contribution is 5.98. The molecule has 2 aliphatic rings. The number of carbonyl (C=O) groups excluding carboxylic acids is 2. The van der Waals surface area contributed by atoms with Gasteiger partial charge in [-0.05, 0) is 39.2 Å². The van der Waals surface area contributed by atoms with E-state index in [0.717, 1.165) is 57.9 Å². The number of nitrogens with zero attached hydrogens (tertiary/aromatic N) is 1. The van der Waals surface area contributed by atoms with Crippen LogP contribution >= 0.6 is 0 Å². The van der Waals surface area contributed by atoms with Gasteiger partial charge >= 0.3 is 0 Å². The average Bonchev–Trinajstić information content (AvgIpc) is 3.00. The topological polar surface area (TPSA) is 76.2 Å². The number of piperidine rings is 1. The summed E-state index contributed by atoms with van der Waals surface area (Å²) in [4.78, 5) is 28.8. The number of nitrogens with one attached hydrogen (secondary N) is 2. The number of quaternary nitrogens is 1. The molecule has 2 amide bonds. The number of amides is 2. The molecule has 1 aromatic rings. The lowest BCUT2D eigenvalue weighted by Crippen LogP contribution is -3.14. The average molecular weight is 364 g/mol. The number of morpholine rings is 1. The van der Waals surface area contributed by atoms with Gasteiger partial charge in [-0.2, -0.15) is 0 Å². The summed E-state index contributed by atoms with van der Waals surface area (Å²) in [6.07, 6.45) is 2.63. The number of hydrogen-bond donors (Lipinski definition) is 2. The molecule has 1 aromatic heterocycles. The Hall–Kier alpha value is -1.86. The van der Waals surface area contributed by atoms with Crippen molar-refractivity contribution in [2.45, 2.75) is 39.2 Å². The van der Waals surface area contributed by atoms with E-state index in [1.807, 2.05) is 6.92 Å². The highest BCUT2D eigenvalue weighted by atomic mass is 16.5. The van der Waals surface area contributed by atoms with Crippen LogP contribution in [-0.4, -0.2) is 68.7 Å². The first-order valence-corrected chi connectivity index (χ1v) is 9.63. The molecule has 2 fully saturated rings. The third-order valence-electron chi connectivity index (χ3n) is 5.32. The monoisotopic (exact) mass is 364 g/mol. The first-order valence-electron chi connectivity index (χ1n) is 9.63. The summed E-state index contributed by atoms with van der Waals surface area (Å²) in [5.41, 5.74) is 0.569. The summed E-state index contributed by atoms with van der Waals surface area (Å²) in [6.45, 7) is 9.34. The van der Waals surface area contributed by atoms with Crippen LogP contribution in [0.2, 0.25) is 0 Å². The smallest absolute Gasteiger partial charge is 0.258 e. The van der Waals surface area contributed by atoms with E-state index in [-0.39, 0.29) is 17.9 Å². The zero-order chi connectivity index (χ0) is 18.5. The van der Waals surface area contributed by atoms with Gasteiger partial charge in [0.25, 0.3) is 5.91 Å². The zero-order valence-corrected chi connectivity index (χ0v) is 15.8. The Bertz CT molecular complexity index is 637. The molecule has 0 spiro atoms. The van der Waals surface area contributed by atoms with Crippen LogP contribution in [-0.2, 0) is 9.53 Å². The normalized spacial score (nSPS) is 21.6. The van der Waals surface area contributed by atoms with Gasteiger partial charge in [-0.15, -0.1) is 0 Å². The second-order valence-electron chi connectivity index (χ2n) is 7.24. The fourth-order valence-corrected chi connectivity index (χ4v) is 3.84. The fraction of sp³-hybridized carbons (Fsp3) is 0.684. The molecular formula is C19H30N3O4+. The SMILES string of the molecule is Cc1cc(C(=O)N2CCCC[C@H]2C(=O)NCC[NH+]2CCOCC2)c(C)o1. The molecule has 7 nitrogen and oxygen atoms in total. The summed E-state index contributed by atoms with van der Waals surface area (Å²) < 4.78 is 10.8. The van der Waals surface area contributed by atoms with E-state index < -0.39 is 0 Å². The minimum absolute atomic E-state index is 0.0384. The van der Waals surface area contributed by atoms with Crippen molar-refractivity contribution in [3.63, 3.8) is 0 Å². The lowest BCUT2D eigenvalue weighted by atomic mass is 10.00. The quantitative estimate of drug-likeness (QED) is 0.767. The Labute approximate surface area is 154 Å². The maximum Gasteiger partial charge on any atom is 0.258 e. The molecule has 0 bridgehead atoms. The van der Waals surface area contributed by atoms with E-state index in [4.69, 9.17) is 9.15 Å². The second kappa shape index (κ2) is 8.68. The molecule has 2 N–H and O–H groups in total. The molecule has 144 valence electrons. The highest BCUT2D eigenvalue weighted by Crippen LogP contribution is 2.23. The standard InChI is InChI=1S/C19H29N3O4/c1-14-13-16(15(2)26-14)19(24)22-7-4-3-5-17(22)18(23)20-6-8-21-9-11-25-12-10-21/h13,17H,3-12H2,1-2H3,(H,20,23)/p+1/t17-/m0/s1. The molecule has 26 heavy (non-hydrogen) atoms. The zero-order valence-electron chi connectivity index (χ0n) is 15.8. The summed E-state index contributed by atoms with van der Waals surface area (Å²) in [5, 5.41) is 3.04. The molecule has 2 saturated heterocycles. The molecular weight excluding hydrogens is 334 g/mol. The van der Waals surface area contributed by atoms with E-state index in [1.165, 1.54) is 4.90 Å². The van der Waals surface area contributed by atoms with Gasteiger partial charge in [-0.3, -0.25) is 9.59 Å². The first-order chi connectivity index (χ1) is 12.6.